The molecule has 0 aliphatic heterocycles. The Morgan fingerprint density at radius 1 is 1.26 bits per heavy atom. The highest BCUT2D eigenvalue weighted by Crippen LogP contribution is 2.14. The molecule has 0 saturated heterocycles. The lowest BCUT2D eigenvalue weighted by atomic mass is 10.1. The molecule has 1 aromatic carbocycles. The molecule has 0 atom stereocenters. The molecule has 2 rings (SSSR count). The van der Waals surface area contributed by atoms with Crippen molar-refractivity contribution in [2.75, 3.05) is 5.32 Å². The molecule has 98 valence electrons. The summed E-state index contributed by atoms with van der Waals surface area (Å²) in [6.07, 6.45) is 3.30. The summed E-state index contributed by atoms with van der Waals surface area (Å²) in [6, 6.07) is 8.70. The molecule has 1 heterocycles. The Kier molecular flexibility index (Phi) is 3.97. The average Bonchev–Trinajstić information content (AvgIpc) is 2.91. The van der Waals surface area contributed by atoms with Crippen molar-refractivity contribution in [1.29, 1.82) is 0 Å². The Hall–Kier alpha value is -2.56. The minimum atomic E-state index is -0.840. The van der Waals surface area contributed by atoms with Gasteiger partial charge in [0.15, 0.2) is 0 Å². The first-order valence-corrected chi connectivity index (χ1v) is 5.79. The zero-order chi connectivity index (χ0) is 13.7. The van der Waals surface area contributed by atoms with Crippen LogP contribution in [-0.2, 0) is 11.2 Å². The summed E-state index contributed by atoms with van der Waals surface area (Å²) in [4.78, 5) is 22.3. The molecule has 0 aliphatic carbocycles. The van der Waals surface area contributed by atoms with Gasteiger partial charge in [-0.1, -0.05) is 12.1 Å². The van der Waals surface area contributed by atoms with Gasteiger partial charge in [-0.25, -0.2) is 0 Å². The van der Waals surface area contributed by atoms with E-state index < -0.39 is 5.97 Å². The summed E-state index contributed by atoms with van der Waals surface area (Å²) in [7, 11) is 0. The van der Waals surface area contributed by atoms with Gasteiger partial charge in [-0.15, -0.1) is 0 Å². The SMILES string of the molecule is O=C(O)CCc1cccc(NC(=O)c2ccoc2)c1. The van der Waals surface area contributed by atoms with Gasteiger partial charge in [-0.3, -0.25) is 9.59 Å². The lowest BCUT2D eigenvalue weighted by Gasteiger charge is -2.05. The highest BCUT2D eigenvalue weighted by Gasteiger charge is 2.07. The number of aryl methyl sites for hydroxylation is 1. The van der Waals surface area contributed by atoms with Crippen molar-refractivity contribution in [2.45, 2.75) is 12.8 Å². The average molecular weight is 259 g/mol. The molecular formula is C14H13NO4. The first-order valence-electron chi connectivity index (χ1n) is 5.79. The third-order valence-corrected chi connectivity index (χ3v) is 2.60. The van der Waals surface area contributed by atoms with E-state index in [-0.39, 0.29) is 12.3 Å². The number of amides is 1. The fourth-order valence-corrected chi connectivity index (χ4v) is 1.65. The van der Waals surface area contributed by atoms with Crippen LogP contribution in [0.5, 0.6) is 0 Å². The number of carbonyl (C=O) groups is 2. The van der Waals surface area contributed by atoms with Gasteiger partial charge in [-0.2, -0.15) is 0 Å². The van der Waals surface area contributed by atoms with Crippen LogP contribution in [0, 0.1) is 0 Å². The van der Waals surface area contributed by atoms with Crippen LogP contribution in [0.15, 0.2) is 47.3 Å². The van der Waals surface area contributed by atoms with Crippen molar-refractivity contribution in [1.82, 2.24) is 0 Å². The number of carboxylic acid groups (broad SMARTS) is 1. The van der Waals surface area contributed by atoms with E-state index in [1.165, 1.54) is 12.5 Å². The number of furan rings is 1. The molecule has 5 nitrogen and oxygen atoms in total. The van der Waals surface area contributed by atoms with Crippen molar-refractivity contribution >= 4 is 17.6 Å². The number of nitrogens with one attached hydrogen (secondary N) is 1. The van der Waals surface area contributed by atoms with Crippen LogP contribution in [0.1, 0.15) is 22.3 Å². The summed E-state index contributed by atoms with van der Waals surface area (Å²) < 4.78 is 4.84. The second-order valence-electron chi connectivity index (χ2n) is 4.06. The van der Waals surface area contributed by atoms with E-state index in [2.05, 4.69) is 5.32 Å². The zero-order valence-electron chi connectivity index (χ0n) is 10.1. The van der Waals surface area contributed by atoms with Gasteiger partial charge in [0.1, 0.15) is 6.26 Å². The highest BCUT2D eigenvalue weighted by molar-refractivity contribution is 6.04. The van der Waals surface area contributed by atoms with Crippen LogP contribution < -0.4 is 5.32 Å². The van der Waals surface area contributed by atoms with E-state index in [1.807, 2.05) is 6.07 Å². The molecule has 0 aliphatic rings. The van der Waals surface area contributed by atoms with Crippen LogP contribution >= 0.6 is 0 Å². The van der Waals surface area contributed by atoms with E-state index in [1.54, 1.807) is 24.3 Å². The monoisotopic (exact) mass is 259 g/mol. The minimum Gasteiger partial charge on any atom is -0.481 e. The number of hydrogen-bond acceptors (Lipinski definition) is 3. The molecule has 19 heavy (non-hydrogen) atoms. The smallest absolute Gasteiger partial charge is 0.303 e. The molecule has 1 aromatic heterocycles. The quantitative estimate of drug-likeness (QED) is 0.864. The predicted molar refractivity (Wildman–Crippen MR) is 69.1 cm³/mol. The minimum absolute atomic E-state index is 0.0686. The van der Waals surface area contributed by atoms with Crippen LogP contribution in [-0.4, -0.2) is 17.0 Å². The first-order chi connectivity index (χ1) is 9.15. The Morgan fingerprint density at radius 2 is 2.11 bits per heavy atom. The molecule has 2 N–H and O–H groups in total. The summed E-state index contributed by atoms with van der Waals surface area (Å²) >= 11 is 0. The molecule has 0 spiro atoms. The molecule has 0 bridgehead atoms. The fraction of sp³-hybridized carbons (Fsp3) is 0.143. The molecule has 1 amide bonds. The number of anilines is 1. The van der Waals surface area contributed by atoms with Gasteiger partial charge in [0.05, 0.1) is 11.8 Å². The van der Waals surface area contributed by atoms with Crippen LogP contribution in [0.4, 0.5) is 5.69 Å². The maximum absolute atomic E-state index is 11.8. The number of carboxylic acids is 1. The lowest BCUT2D eigenvalue weighted by molar-refractivity contribution is -0.136. The summed E-state index contributed by atoms with van der Waals surface area (Å²) in [5.74, 6) is -1.10. The normalized spacial score (nSPS) is 10.1. The van der Waals surface area contributed by atoms with Crippen LogP contribution in [0.3, 0.4) is 0 Å². The van der Waals surface area contributed by atoms with E-state index in [9.17, 15) is 9.59 Å². The zero-order valence-corrected chi connectivity index (χ0v) is 10.1. The van der Waals surface area contributed by atoms with E-state index in [4.69, 9.17) is 9.52 Å². The number of aliphatic carboxylic acids is 1. The molecular weight excluding hydrogens is 246 g/mol. The predicted octanol–water partition coefficient (Wildman–Crippen LogP) is 2.55. The maximum Gasteiger partial charge on any atom is 0.303 e. The van der Waals surface area contributed by atoms with Gasteiger partial charge in [0, 0.05) is 12.1 Å². The second-order valence-corrected chi connectivity index (χ2v) is 4.06. The number of hydrogen-bond donors (Lipinski definition) is 2. The summed E-state index contributed by atoms with van der Waals surface area (Å²) in [5.41, 5.74) is 1.94. The van der Waals surface area contributed by atoms with Gasteiger partial charge in [0.25, 0.3) is 5.91 Å². The van der Waals surface area contributed by atoms with E-state index in [0.29, 0.717) is 17.7 Å². The van der Waals surface area contributed by atoms with Gasteiger partial charge < -0.3 is 14.8 Å². The standard InChI is InChI=1S/C14H13NO4/c16-13(17)5-4-10-2-1-3-12(8-10)15-14(18)11-6-7-19-9-11/h1-3,6-9H,4-5H2,(H,15,18)(H,16,17). The second kappa shape index (κ2) is 5.86. The third-order valence-electron chi connectivity index (χ3n) is 2.60. The van der Waals surface area contributed by atoms with Crippen LogP contribution in [0.2, 0.25) is 0 Å². The van der Waals surface area contributed by atoms with Crippen LogP contribution in [0.25, 0.3) is 0 Å². The highest BCUT2D eigenvalue weighted by atomic mass is 16.4. The van der Waals surface area contributed by atoms with Crippen molar-refractivity contribution in [3.8, 4) is 0 Å². The maximum atomic E-state index is 11.8. The molecule has 5 heteroatoms. The Morgan fingerprint density at radius 3 is 2.79 bits per heavy atom. The van der Waals surface area contributed by atoms with Crippen molar-refractivity contribution in [3.05, 3.63) is 54.0 Å². The molecule has 0 radical (unpaired) electrons. The summed E-state index contributed by atoms with van der Waals surface area (Å²) in [5, 5.41) is 11.4. The fourth-order valence-electron chi connectivity index (χ4n) is 1.65. The molecule has 0 fully saturated rings. The lowest BCUT2D eigenvalue weighted by Crippen LogP contribution is -2.11. The first kappa shape index (κ1) is 12.9. The number of benzene rings is 1. The van der Waals surface area contributed by atoms with Crippen molar-refractivity contribution in [3.63, 3.8) is 0 Å². The van der Waals surface area contributed by atoms with Gasteiger partial charge in [0.2, 0.25) is 0 Å². The van der Waals surface area contributed by atoms with Crippen molar-refractivity contribution in [2.24, 2.45) is 0 Å². The number of carbonyl (C=O) groups excluding carboxylic acids is 1. The number of rotatable bonds is 5. The topological polar surface area (TPSA) is 79.5 Å². The summed E-state index contributed by atoms with van der Waals surface area (Å²) in [6.45, 7) is 0. The largest absolute Gasteiger partial charge is 0.481 e. The Balaban J connectivity index is 2.02. The Labute approximate surface area is 109 Å². The Bertz CT molecular complexity index is 575. The molecule has 2 aromatic rings. The van der Waals surface area contributed by atoms with Crippen molar-refractivity contribution < 1.29 is 19.1 Å². The van der Waals surface area contributed by atoms with E-state index >= 15 is 0 Å². The van der Waals surface area contributed by atoms with E-state index in [0.717, 1.165) is 5.56 Å². The van der Waals surface area contributed by atoms with Gasteiger partial charge in [-0.05, 0) is 30.2 Å². The van der Waals surface area contributed by atoms with Gasteiger partial charge >= 0.3 is 5.97 Å². The molecule has 0 saturated carbocycles. The molecule has 0 unspecified atom stereocenters. The third kappa shape index (κ3) is 3.70.